The molecule has 0 radical (unpaired) electrons. The van der Waals surface area contributed by atoms with Crippen LogP contribution < -0.4 is 5.32 Å². The van der Waals surface area contributed by atoms with Crippen molar-refractivity contribution in [3.63, 3.8) is 0 Å². The fraction of sp³-hybridized carbons (Fsp3) is 0.650. The molecule has 2 aliphatic carbocycles. The molecule has 1 aliphatic heterocycles. The first-order valence-corrected chi connectivity index (χ1v) is 10.5. The van der Waals surface area contributed by atoms with Gasteiger partial charge in [-0.25, -0.2) is 0 Å². The minimum Gasteiger partial charge on any atom is -0.458 e. The Bertz CT molecular complexity index is 771. The highest BCUT2D eigenvalue weighted by Gasteiger charge is 2.53. The lowest BCUT2D eigenvalue weighted by atomic mass is 9.75. The second kappa shape index (κ2) is 7.03. The van der Waals surface area contributed by atoms with E-state index in [1.807, 2.05) is 0 Å². The van der Waals surface area contributed by atoms with Gasteiger partial charge in [0, 0.05) is 4.88 Å². The summed E-state index contributed by atoms with van der Waals surface area (Å²) in [6, 6.07) is 2.30. The molecular formula is C20H24N2O3S. The molecule has 1 N–H and O–H groups in total. The fourth-order valence-electron chi connectivity index (χ4n) is 4.77. The number of nitrogens with one attached hydrogen (secondary N) is 1. The molecule has 5 nitrogen and oxygen atoms in total. The molecule has 4 rings (SSSR count). The number of fused-ring (bicyclic) bond motifs is 1. The van der Waals surface area contributed by atoms with E-state index < -0.39 is 11.5 Å². The van der Waals surface area contributed by atoms with Gasteiger partial charge in [0.25, 0.3) is 0 Å². The number of nitrogens with zero attached hydrogens (tertiary/aromatic N) is 1. The molecule has 0 bridgehead atoms. The van der Waals surface area contributed by atoms with Crippen molar-refractivity contribution in [3.8, 4) is 6.07 Å². The number of aryl methyl sites for hydroxylation is 1. The minimum absolute atomic E-state index is 0.152. The Morgan fingerprint density at radius 2 is 1.88 bits per heavy atom. The van der Waals surface area contributed by atoms with Gasteiger partial charge in [-0.2, -0.15) is 5.26 Å². The van der Waals surface area contributed by atoms with Crippen LogP contribution in [0.4, 0.5) is 5.00 Å². The summed E-state index contributed by atoms with van der Waals surface area (Å²) in [6.45, 7) is 0. The van der Waals surface area contributed by atoms with Gasteiger partial charge < -0.3 is 10.1 Å². The molecule has 0 unspecified atom stereocenters. The van der Waals surface area contributed by atoms with Crippen LogP contribution in [0, 0.1) is 17.2 Å². The molecule has 2 fully saturated rings. The van der Waals surface area contributed by atoms with Gasteiger partial charge >= 0.3 is 5.97 Å². The van der Waals surface area contributed by atoms with Crippen molar-refractivity contribution in [2.75, 3.05) is 5.32 Å². The summed E-state index contributed by atoms with van der Waals surface area (Å²) < 4.78 is 5.65. The molecular weight excluding hydrogens is 348 g/mol. The van der Waals surface area contributed by atoms with Crippen LogP contribution in [0.2, 0.25) is 0 Å². The first kappa shape index (κ1) is 17.5. The number of anilines is 1. The monoisotopic (exact) mass is 372 g/mol. The Hall–Kier alpha value is -1.87. The van der Waals surface area contributed by atoms with Crippen molar-refractivity contribution in [2.24, 2.45) is 5.92 Å². The predicted molar refractivity (Wildman–Crippen MR) is 98.9 cm³/mol. The van der Waals surface area contributed by atoms with E-state index in [9.17, 15) is 14.9 Å². The minimum atomic E-state index is -0.624. The van der Waals surface area contributed by atoms with Crippen LogP contribution in [0.1, 0.15) is 73.8 Å². The molecule has 1 spiro atoms. The molecule has 1 aromatic rings. The Balaban J connectivity index is 1.58. The summed E-state index contributed by atoms with van der Waals surface area (Å²) in [5, 5.41) is 13.3. The van der Waals surface area contributed by atoms with Crippen molar-refractivity contribution in [3.05, 3.63) is 16.0 Å². The first-order chi connectivity index (χ1) is 12.6. The van der Waals surface area contributed by atoms with E-state index in [4.69, 9.17) is 4.74 Å². The molecule has 0 aromatic carbocycles. The highest BCUT2D eigenvalue weighted by molar-refractivity contribution is 7.16. The molecule has 138 valence electrons. The number of hydrogen-bond donors (Lipinski definition) is 1. The van der Waals surface area contributed by atoms with Crippen molar-refractivity contribution in [1.82, 2.24) is 0 Å². The van der Waals surface area contributed by atoms with Crippen LogP contribution in [-0.2, 0) is 27.2 Å². The van der Waals surface area contributed by atoms with Gasteiger partial charge in [-0.3, -0.25) is 9.59 Å². The quantitative estimate of drug-likeness (QED) is 0.626. The van der Waals surface area contributed by atoms with Crippen LogP contribution in [0.25, 0.3) is 0 Å². The molecule has 26 heavy (non-hydrogen) atoms. The number of esters is 1. The average molecular weight is 372 g/mol. The number of ether oxygens (including phenoxy) is 1. The first-order valence-electron chi connectivity index (χ1n) is 9.70. The second-order valence-electron chi connectivity index (χ2n) is 7.73. The van der Waals surface area contributed by atoms with E-state index in [0.717, 1.165) is 63.4 Å². The number of thiophene rings is 1. The lowest BCUT2D eigenvalue weighted by molar-refractivity contribution is -0.153. The van der Waals surface area contributed by atoms with E-state index in [-0.39, 0.29) is 18.3 Å². The molecule has 6 heteroatoms. The van der Waals surface area contributed by atoms with E-state index in [1.54, 1.807) is 11.3 Å². The highest BCUT2D eigenvalue weighted by atomic mass is 32.1. The van der Waals surface area contributed by atoms with Gasteiger partial charge in [0.1, 0.15) is 16.7 Å². The van der Waals surface area contributed by atoms with Crippen molar-refractivity contribution < 1.29 is 14.3 Å². The number of hydrogen-bond acceptors (Lipinski definition) is 5. The smallest absolute Gasteiger partial charge is 0.307 e. The molecule has 1 aromatic heterocycles. The van der Waals surface area contributed by atoms with Crippen LogP contribution >= 0.6 is 11.3 Å². The molecule has 1 saturated heterocycles. The van der Waals surface area contributed by atoms with Gasteiger partial charge in [0.15, 0.2) is 0 Å². The maximum absolute atomic E-state index is 13.0. The van der Waals surface area contributed by atoms with Crippen molar-refractivity contribution in [1.29, 1.82) is 5.26 Å². The Morgan fingerprint density at radius 1 is 1.15 bits per heavy atom. The van der Waals surface area contributed by atoms with Gasteiger partial charge in [0.05, 0.1) is 17.9 Å². The number of carbonyl (C=O) groups excluding carboxylic acids is 2. The maximum atomic E-state index is 13.0. The third kappa shape index (κ3) is 3.03. The molecule has 1 amide bonds. The van der Waals surface area contributed by atoms with Gasteiger partial charge in [-0.05, 0) is 56.9 Å². The molecule has 1 saturated carbocycles. The summed E-state index contributed by atoms with van der Waals surface area (Å²) in [5.41, 5.74) is 1.13. The van der Waals surface area contributed by atoms with E-state index in [1.165, 1.54) is 11.3 Å². The number of amides is 1. The lowest BCUT2D eigenvalue weighted by Crippen LogP contribution is -2.43. The van der Waals surface area contributed by atoms with Crippen molar-refractivity contribution in [2.45, 2.75) is 76.2 Å². The summed E-state index contributed by atoms with van der Waals surface area (Å²) in [5.74, 6) is -0.871. The largest absolute Gasteiger partial charge is 0.458 e. The summed E-state index contributed by atoms with van der Waals surface area (Å²) in [6.07, 6.45) is 10.1. The van der Waals surface area contributed by atoms with E-state index in [2.05, 4.69) is 11.4 Å². The standard InChI is InChI=1S/C20H24N2O3S/c21-12-14-13-7-3-1-4-8-16(13)26-19(14)22-18(24)15-11-17(23)25-20(15)9-5-2-6-10-20/h15H,1-11H2,(H,22,24)/t15-/m1/s1. The van der Waals surface area contributed by atoms with Gasteiger partial charge in [-0.15, -0.1) is 11.3 Å². The third-order valence-electron chi connectivity index (χ3n) is 6.11. The van der Waals surface area contributed by atoms with Gasteiger partial charge in [-0.1, -0.05) is 12.8 Å². The SMILES string of the molecule is N#Cc1c(NC(=O)[C@H]2CC(=O)OC23CCCCC3)sc2c1CCCCC2. The Labute approximate surface area is 157 Å². The average Bonchev–Trinajstić information content (AvgIpc) is 3.02. The Morgan fingerprint density at radius 3 is 2.65 bits per heavy atom. The highest BCUT2D eigenvalue weighted by Crippen LogP contribution is 2.45. The predicted octanol–water partition coefficient (Wildman–Crippen LogP) is 4.09. The van der Waals surface area contributed by atoms with Crippen LogP contribution in [-0.4, -0.2) is 17.5 Å². The molecule has 3 aliphatic rings. The van der Waals surface area contributed by atoms with Crippen LogP contribution in [0.15, 0.2) is 0 Å². The van der Waals surface area contributed by atoms with Gasteiger partial charge in [0.2, 0.25) is 5.91 Å². The third-order valence-corrected chi connectivity index (χ3v) is 7.32. The summed E-state index contributed by atoms with van der Waals surface area (Å²) >= 11 is 1.54. The zero-order valence-electron chi connectivity index (χ0n) is 14.9. The van der Waals surface area contributed by atoms with E-state index >= 15 is 0 Å². The van der Waals surface area contributed by atoms with Crippen LogP contribution in [0.5, 0.6) is 0 Å². The summed E-state index contributed by atoms with van der Waals surface area (Å²) in [7, 11) is 0. The fourth-order valence-corrected chi connectivity index (χ4v) is 6.02. The maximum Gasteiger partial charge on any atom is 0.307 e. The number of rotatable bonds is 2. The number of carbonyl (C=O) groups is 2. The van der Waals surface area contributed by atoms with Crippen LogP contribution in [0.3, 0.4) is 0 Å². The normalized spacial score (nSPS) is 24.4. The second-order valence-corrected chi connectivity index (χ2v) is 8.83. The number of nitriles is 1. The summed E-state index contributed by atoms with van der Waals surface area (Å²) in [4.78, 5) is 26.2. The van der Waals surface area contributed by atoms with E-state index in [0.29, 0.717) is 10.6 Å². The lowest BCUT2D eigenvalue weighted by Gasteiger charge is -2.35. The molecule has 2 heterocycles. The van der Waals surface area contributed by atoms with Crippen molar-refractivity contribution >= 4 is 28.2 Å². The molecule has 1 atom stereocenters. The Kier molecular flexibility index (Phi) is 4.74. The zero-order chi connectivity index (χ0) is 18.1. The topological polar surface area (TPSA) is 79.2 Å². The zero-order valence-corrected chi connectivity index (χ0v) is 15.8.